The molecule has 2 aromatic rings. The van der Waals surface area contributed by atoms with E-state index in [2.05, 4.69) is 15.2 Å². The van der Waals surface area contributed by atoms with E-state index in [1.54, 1.807) is 24.3 Å². The van der Waals surface area contributed by atoms with Crippen molar-refractivity contribution in [2.75, 3.05) is 19.6 Å². The van der Waals surface area contributed by atoms with Gasteiger partial charge in [0, 0.05) is 18.2 Å². The number of fused-ring (bicyclic) bond motifs is 3. The molecule has 0 radical (unpaired) electrons. The molecule has 2 bridgehead atoms. The Morgan fingerprint density at radius 1 is 1.22 bits per heavy atom. The number of benzene rings is 1. The van der Waals surface area contributed by atoms with Gasteiger partial charge in [-0.1, -0.05) is 11.3 Å². The summed E-state index contributed by atoms with van der Waals surface area (Å²) >= 11 is 0.433. The van der Waals surface area contributed by atoms with Crippen LogP contribution in [0.2, 0.25) is 0 Å². The number of piperidine rings is 3. The van der Waals surface area contributed by atoms with Crippen molar-refractivity contribution in [2.45, 2.75) is 25.1 Å². The molecule has 0 spiro atoms. The number of carbonyl (C=O) groups is 1. The van der Waals surface area contributed by atoms with Gasteiger partial charge in [0.1, 0.15) is 5.75 Å². The van der Waals surface area contributed by atoms with E-state index in [4.69, 9.17) is 4.74 Å². The standard InChI is InChI=1S/C18H18F3N3O2S/c19-18(20,21)17-22-9-15(27-17)26-13-3-1-12(2-4-13)16(25)23-14-10-24-7-5-11(14)6-8-24/h1-4,9,11,14H,5-8,10H2,(H,23,25)/t14-/m0/s1. The number of aromatic nitrogens is 1. The molecule has 27 heavy (non-hydrogen) atoms. The molecule has 5 nitrogen and oxygen atoms in total. The van der Waals surface area contributed by atoms with Gasteiger partial charge < -0.3 is 15.0 Å². The van der Waals surface area contributed by atoms with E-state index in [0.29, 0.717) is 28.6 Å². The van der Waals surface area contributed by atoms with Crippen LogP contribution in [0.15, 0.2) is 30.5 Å². The van der Waals surface area contributed by atoms with E-state index < -0.39 is 11.2 Å². The van der Waals surface area contributed by atoms with Crippen LogP contribution in [-0.4, -0.2) is 41.5 Å². The Hall–Kier alpha value is -2.13. The number of carbonyl (C=O) groups excluding carboxylic acids is 1. The molecule has 1 atom stereocenters. The summed E-state index contributed by atoms with van der Waals surface area (Å²) in [6.45, 7) is 3.11. The molecule has 1 amide bonds. The van der Waals surface area contributed by atoms with E-state index in [1.165, 1.54) is 0 Å². The van der Waals surface area contributed by atoms with E-state index in [9.17, 15) is 18.0 Å². The van der Waals surface area contributed by atoms with Crippen LogP contribution in [-0.2, 0) is 6.18 Å². The summed E-state index contributed by atoms with van der Waals surface area (Å²) in [5.41, 5.74) is 0.499. The predicted octanol–water partition coefficient (Wildman–Crippen LogP) is 3.78. The Labute approximate surface area is 158 Å². The highest BCUT2D eigenvalue weighted by atomic mass is 32.1. The monoisotopic (exact) mass is 397 g/mol. The number of thiazole rings is 1. The first kappa shape index (κ1) is 18.2. The normalized spacial score (nSPS) is 24.6. The maximum Gasteiger partial charge on any atom is 0.443 e. The quantitative estimate of drug-likeness (QED) is 0.853. The van der Waals surface area contributed by atoms with E-state index in [-0.39, 0.29) is 17.0 Å². The first-order valence-corrected chi connectivity index (χ1v) is 9.54. The fraction of sp³-hybridized carbons (Fsp3) is 0.444. The van der Waals surface area contributed by atoms with Crippen LogP contribution >= 0.6 is 11.3 Å². The van der Waals surface area contributed by atoms with Crippen molar-refractivity contribution < 1.29 is 22.7 Å². The molecule has 144 valence electrons. The maximum atomic E-state index is 12.6. The van der Waals surface area contributed by atoms with Gasteiger partial charge in [-0.2, -0.15) is 13.2 Å². The average Bonchev–Trinajstić information content (AvgIpc) is 3.12. The first-order chi connectivity index (χ1) is 12.9. The molecular formula is C18H18F3N3O2S. The van der Waals surface area contributed by atoms with Crippen LogP contribution < -0.4 is 10.1 Å². The predicted molar refractivity (Wildman–Crippen MR) is 94.1 cm³/mol. The van der Waals surface area contributed by atoms with Gasteiger partial charge in [0.15, 0.2) is 0 Å². The fourth-order valence-electron chi connectivity index (χ4n) is 3.61. The highest BCUT2D eigenvalue weighted by Crippen LogP contribution is 2.37. The number of hydrogen-bond donors (Lipinski definition) is 1. The third kappa shape index (κ3) is 4.08. The smallest absolute Gasteiger partial charge is 0.443 e. The van der Waals surface area contributed by atoms with Crippen molar-refractivity contribution in [3.8, 4) is 10.8 Å². The molecular weight excluding hydrogens is 379 g/mol. The molecule has 5 rings (SSSR count). The summed E-state index contributed by atoms with van der Waals surface area (Å²) in [6.07, 6.45) is -1.20. The lowest BCUT2D eigenvalue weighted by Crippen LogP contribution is -2.57. The second-order valence-electron chi connectivity index (χ2n) is 6.83. The zero-order valence-electron chi connectivity index (χ0n) is 14.3. The van der Waals surface area contributed by atoms with Crippen molar-refractivity contribution >= 4 is 17.2 Å². The summed E-state index contributed by atoms with van der Waals surface area (Å²) in [4.78, 5) is 18.1. The van der Waals surface area contributed by atoms with Crippen LogP contribution in [0.3, 0.4) is 0 Å². The van der Waals surface area contributed by atoms with Gasteiger partial charge in [0.05, 0.1) is 6.20 Å². The minimum Gasteiger partial charge on any atom is -0.445 e. The Bertz CT molecular complexity index is 814. The van der Waals surface area contributed by atoms with Crippen molar-refractivity contribution in [3.05, 3.63) is 41.0 Å². The second-order valence-corrected chi connectivity index (χ2v) is 7.82. The molecule has 3 aliphatic heterocycles. The molecule has 3 saturated heterocycles. The average molecular weight is 397 g/mol. The number of rotatable bonds is 4. The van der Waals surface area contributed by atoms with Crippen LogP contribution in [0, 0.1) is 5.92 Å². The number of nitrogens with one attached hydrogen (secondary N) is 1. The molecule has 9 heteroatoms. The van der Waals surface area contributed by atoms with Crippen molar-refractivity contribution in [2.24, 2.45) is 5.92 Å². The highest BCUT2D eigenvalue weighted by molar-refractivity contribution is 7.13. The Morgan fingerprint density at radius 2 is 1.93 bits per heavy atom. The van der Waals surface area contributed by atoms with Crippen LogP contribution in [0.5, 0.6) is 10.8 Å². The van der Waals surface area contributed by atoms with Gasteiger partial charge in [-0.3, -0.25) is 4.79 Å². The lowest BCUT2D eigenvalue weighted by molar-refractivity contribution is -0.137. The number of nitrogens with zero attached hydrogens (tertiary/aromatic N) is 2. The SMILES string of the molecule is O=C(N[C@H]1CN2CCC1CC2)c1ccc(Oc2cnc(C(F)(F)F)s2)cc1. The highest BCUT2D eigenvalue weighted by Gasteiger charge is 2.35. The zero-order chi connectivity index (χ0) is 19.0. The fourth-order valence-corrected chi connectivity index (χ4v) is 4.26. The van der Waals surface area contributed by atoms with E-state index in [0.717, 1.165) is 38.7 Å². The molecule has 1 aromatic heterocycles. The topological polar surface area (TPSA) is 54.5 Å². The van der Waals surface area contributed by atoms with Gasteiger partial charge in [0.2, 0.25) is 10.1 Å². The minimum atomic E-state index is -4.48. The molecule has 1 aromatic carbocycles. The number of amides is 1. The largest absolute Gasteiger partial charge is 0.445 e. The van der Waals surface area contributed by atoms with Gasteiger partial charge in [-0.15, -0.1) is 0 Å². The number of halogens is 3. The molecule has 1 N–H and O–H groups in total. The summed E-state index contributed by atoms with van der Waals surface area (Å²) in [6, 6.07) is 6.53. The molecule has 0 aliphatic carbocycles. The third-order valence-electron chi connectivity index (χ3n) is 5.03. The summed E-state index contributed by atoms with van der Waals surface area (Å²) in [7, 11) is 0. The number of alkyl halides is 3. The van der Waals surface area contributed by atoms with Crippen LogP contribution in [0.25, 0.3) is 0 Å². The second kappa shape index (κ2) is 7.12. The molecule has 3 aliphatic rings. The third-order valence-corrected chi connectivity index (χ3v) is 5.95. The zero-order valence-corrected chi connectivity index (χ0v) is 15.1. The van der Waals surface area contributed by atoms with Gasteiger partial charge in [-0.25, -0.2) is 4.98 Å². The molecule has 0 unspecified atom stereocenters. The Balaban J connectivity index is 1.37. The Morgan fingerprint density at radius 3 is 2.48 bits per heavy atom. The lowest BCUT2D eigenvalue weighted by Gasteiger charge is -2.44. The van der Waals surface area contributed by atoms with Crippen LogP contribution in [0.1, 0.15) is 28.2 Å². The van der Waals surface area contributed by atoms with Crippen molar-refractivity contribution in [3.63, 3.8) is 0 Å². The van der Waals surface area contributed by atoms with Gasteiger partial charge in [-0.05, 0) is 56.1 Å². The molecule has 4 heterocycles. The van der Waals surface area contributed by atoms with E-state index in [1.807, 2.05) is 0 Å². The molecule has 3 fully saturated rings. The van der Waals surface area contributed by atoms with E-state index >= 15 is 0 Å². The lowest BCUT2D eigenvalue weighted by atomic mass is 9.84. The number of hydrogen-bond acceptors (Lipinski definition) is 5. The van der Waals surface area contributed by atoms with Gasteiger partial charge in [0.25, 0.3) is 5.91 Å². The van der Waals surface area contributed by atoms with Crippen molar-refractivity contribution in [1.82, 2.24) is 15.2 Å². The van der Waals surface area contributed by atoms with Gasteiger partial charge >= 0.3 is 6.18 Å². The first-order valence-electron chi connectivity index (χ1n) is 8.72. The summed E-state index contributed by atoms with van der Waals surface area (Å²) in [5, 5.41) is 2.20. The number of ether oxygens (including phenoxy) is 1. The van der Waals surface area contributed by atoms with Crippen molar-refractivity contribution in [1.29, 1.82) is 0 Å². The maximum absolute atomic E-state index is 12.6. The summed E-state index contributed by atoms with van der Waals surface area (Å²) in [5.74, 6) is 0.750. The summed E-state index contributed by atoms with van der Waals surface area (Å²) < 4.78 is 43.1. The minimum absolute atomic E-state index is 0.0480. The molecule has 0 saturated carbocycles. The Kier molecular flexibility index (Phi) is 4.81. The van der Waals surface area contributed by atoms with Crippen LogP contribution in [0.4, 0.5) is 13.2 Å².